The van der Waals surface area contributed by atoms with Gasteiger partial charge in [-0.15, -0.1) is 0 Å². The first-order valence-corrected chi connectivity index (χ1v) is 6.97. The van der Waals surface area contributed by atoms with E-state index in [9.17, 15) is 14.7 Å². The molecule has 6 heteroatoms. The zero-order valence-corrected chi connectivity index (χ0v) is 12.0. The topological polar surface area (TPSA) is 66.8 Å². The molecule has 1 saturated heterocycles. The minimum absolute atomic E-state index is 0.110. The second-order valence-corrected chi connectivity index (χ2v) is 5.18. The van der Waals surface area contributed by atoms with Crippen LogP contribution in [0.25, 0.3) is 0 Å². The molecule has 1 amide bonds. The fourth-order valence-corrected chi connectivity index (χ4v) is 2.69. The Kier molecular flexibility index (Phi) is 4.54. The Morgan fingerprint density at radius 1 is 1.60 bits per heavy atom. The highest BCUT2D eigenvalue weighted by Gasteiger charge is 2.38. The van der Waals surface area contributed by atoms with Gasteiger partial charge in [0.25, 0.3) is 0 Å². The van der Waals surface area contributed by atoms with E-state index in [0.29, 0.717) is 30.0 Å². The quantitative estimate of drug-likeness (QED) is 0.810. The maximum atomic E-state index is 12.0. The van der Waals surface area contributed by atoms with E-state index < -0.39 is 12.0 Å². The van der Waals surface area contributed by atoms with Gasteiger partial charge in [0.2, 0.25) is 5.91 Å². The van der Waals surface area contributed by atoms with Gasteiger partial charge in [0, 0.05) is 13.0 Å². The molecule has 0 aliphatic carbocycles. The largest absolute Gasteiger partial charge is 0.497 e. The summed E-state index contributed by atoms with van der Waals surface area (Å²) in [5, 5.41) is 9.47. The highest BCUT2D eigenvalue weighted by molar-refractivity contribution is 7.80. The smallest absolute Gasteiger partial charge is 0.331 e. The van der Waals surface area contributed by atoms with Gasteiger partial charge in [-0.3, -0.25) is 4.79 Å². The number of nitrogens with zero attached hydrogens (tertiary/aromatic N) is 1. The molecule has 2 atom stereocenters. The highest BCUT2D eigenvalue weighted by Crippen LogP contribution is 2.31. The molecular weight excluding hydrogens is 278 g/mol. The molecule has 108 valence electrons. The van der Waals surface area contributed by atoms with Gasteiger partial charge in [0.15, 0.2) is 6.04 Å². The van der Waals surface area contributed by atoms with Gasteiger partial charge < -0.3 is 14.7 Å². The highest BCUT2D eigenvalue weighted by atomic mass is 32.1. The van der Waals surface area contributed by atoms with Crippen LogP contribution in [-0.4, -0.2) is 41.3 Å². The molecule has 1 fully saturated rings. The number of carbonyl (C=O) groups excluding carboxylic acids is 1. The predicted octanol–water partition coefficient (Wildman–Crippen LogP) is 1.60. The van der Waals surface area contributed by atoms with Crippen LogP contribution in [0.3, 0.4) is 0 Å². The van der Waals surface area contributed by atoms with E-state index in [1.165, 1.54) is 12.0 Å². The lowest BCUT2D eigenvalue weighted by Crippen LogP contribution is -2.35. The van der Waals surface area contributed by atoms with E-state index >= 15 is 0 Å². The molecule has 20 heavy (non-hydrogen) atoms. The lowest BCUT2D eigenvalue weighted by atomic mass is 10.1. The fourth-order valence-electron chi connectivity index (χ4n) is 2.45. The molecule has 1 aliphatic heterocycles. The van der Waals surface area contributed by atoms with Crippen LogP contribution >= 0.6 is 12.6 Å². The van der Waals surface area contributed by atoms with Crippen molar-refractivity contribution in [3.63, 3.8) is 0 Å². The van der Waals surface area contributed by atoms with Crippen LogP contribution in [0.2, 0.25) is 0 Å². The van der Waals surface area contributed by atoms with E-state index in [-0.39, 0.29) is 11.8 Å². The molecular formula is C14H17NO4S. The minimum Gasteiger partial charge on any atom is -0.497 e. The van der Waals surface area contributed by atoms with Crippen molar-refractivity contribution in [1.29, 1.82) is 0 Å². The number of rotatable bonds is 5. The number of benzene rings is 1. The van der Waals surface area contributed by atoms with Crippen LogP contribution in [0.1, 0.15) is 18.0 Å². The number of carboxylic acid groups (broad SMARTS) is 1. The van der Waals surface area contributed by atoms with Crippen LogP contribution in [0.15, 0.2) is 24.3 Å². The summed E-state index contributed by atoms with van der Waals surface area (Å²) in [5.41, 5.74) is 0.546. The van der Waals surface area contributed by atoms with Crippen LogP contribution in [-0.2, 0) is 9.59 Å². The number of amides is 1. The Balaban J connectivity index is 2.32. The molecule has 0 radical (unpaired) electrons. The van der Waals surface area contributed by atoms with E-state index in [1.54, 1.807) is 24.3 Å². The molecule has 1 aliphatic rings. The second-order valence-electron chi connectivity index (χ2n) is 4.82. The van der Waals surface area contributed by atoms with Crippen molar-refractivity contribution in [2.24, 2.45) is 5.92 Å². The Labute approximate surface area is 122 Å². The number of likely N-dealkylation sites (tertiary alicyclic amines) is 1. The number of methoxy groups -OCH3 is 1. The molecule has 1 heterocycles. The molecule has 5 nitrogen and oxygen atoms in total. The summed E-state index contributed by atoms with van der Waals surface area (Å²) in [4.78, 5) is 25.0. The fraction of sp³-hybridized carbons (Fsp3) is 0.429. The molecule has 0 aromatic heterocycles. The lowest BCUT2D eigenvalue weighted by molar-refractivity contribution is -0.148. The van der Waals surface area contributed by atoms with Crippen LogP contribution in [0, 0.1) is 5.92 Å². The zero-order valence-electron chi connectivity index (χ0n) is 11.2. The van der Waals surface area contributed by atoms with E-state index in [0.717, 1.165) is 0 Å². The summed E-state index contributed by atoms with van der Waals surface area (Å²) in [7, 11) is 1.52. The first kappa shape index (κ1) is 14.7. The molecule has 2 rings (SSSR count). The Morgan fingerprint density at radius 2 is 2.35 bits per heavy atom. The van der Waals surface area contributed by atoms with Crippen molar-refractivity contribution < 1.29 is 19.4 Å². The first-order valence-electron chi connectivity index (χ1n) is 6.34. The van der Waals surface area contributed by atoms with Gasteiger partial charge in [-0.2, -0.15) is 12.6 Å². The van der Waals surface area contributed by atoms with Gasteiger partial charge in [0.1, 0.15) is 5.75 Å². The SMILES string of the molecule is COc1cccc(C(C(=O)O)N2CC(CS)CC2=O)c1. The van der Waals surface area contributed by atoms with E-state index in [1.807, 2.05) is 0 Å². The average Bonchev–Trinajstić information content (AvgIpc) is 2.80. The summed E-state index contributed by atoms with van der Waals surface area (Å²) in [5.74, 6) is 0.0855. The van der Waals surface area contributed by atoms with Crippen molar-refractivity contribution in [3.8, 4) is 5.75 Å². The van der Waals surface area contributed by atoms with Gasteiger partial charge >= 0.3 is 5.97 Å². The van der Waals surface area contributed by atoms with Gasteiger partial charge in [-0.05, 0) is 29.4 Å². The number of aliphatic carboxylic acids is 1. The lowest BCUT2D eigenvalue weighted by Gasteiger charge is -2.25. The zero-order chi connectivity index (χ0) is 14.7. The number of hydrogen-bond donors (Lipinski definition) is 2. The van der Waals surface area contributed by atoms with Crippen molar-refractivity contribution in [2.45, 2.75) is 12.5 Å². The van der Waals surface area contributed by atoms with Gasteiger partial charge in [-0.1, -0.05) is 12.1 Å². The monoisotopic (exact) mass is 295 g/mol. The van der Waals surface area contributed by atoms with Crippen LogP contribution in [0.5, 0.6) is 5.75 Å². The maximum absolute atomic E-state index is 12.0. The van der Waals surface area contributed by atoms with Crippen LogP contribution < -0.4 is 4.74 Å². The van der Waals surface area contributed by atoms with Crippen molar-refractivity contribution >= 4 is 24.5 Å². The molecule has 0 bridgehead atoms. The van der Waals surface area contributed by atoms with E-state index in [4.69, 9.17) is 4.74 Å². The van der Waals surface area contributed by atoms with Gasteiger partial charge in [0.05, 0.1) is 7.11 Å². The van der Waals surface area contributed by atoms with Crippen molar-refractivity contribution in [1.82, 2.24) is 4.90 Å². The Bertz CT molecular complexity index is 520. The van der Waals surface area contributed by atoms with Crippen molar-refractivity contribution in [2.75, 3.05) is 19.4 Å². The minimum atomic E-state index is -1.04. The number of hydrogen-bond acceptors (Lipinski definition) is 4. The molecule has 1 N–H and O–H groups in total. The standard InChI is InChI=1S/C14H17NO4S/c1-19-11-4-2-3-10(6-11)13(14(17)18)15-7-9(8-20)5-12(15)16/h2-4,6,9,13,20H,5,7-8H2,1H3,(H,17,18). The molecule has 2 unspecified atom stereocenters. The summed E-state index contributed by atoms with van der Waals surface area (Å²) in [6.45, 7) is 0.427. The van der Waals surface area contributed by atoms with Crippen molar-refractivity contribution in [3.05, 3.63) is 29.8 Å². The van der Waals surface area contributed by atoms with E-state index in [2.05, 4.69) is 12.6 Å². The molecule has 0 spiro atoms. The van der Waals surface area contributed by atoms with Gasteiger partial charge in [-0.25, -0.2) is 4.79 Å². The summed E-state index contributed by atoms with van der Waals surface area (Å²) in [6, 6.07) is 5.84. The third-order valence-corrected chi connectivity index (χ3v) is 3.97. The summed E-state index contributed by atoms with van der Waals surface area (Å²) < 4.78 is 5.11. The number of thiol groups is 1. The summed E-state index contributed by atoms with van der Waals surface area (Å²) in [6.07, 6.45) is 0.358. The maximum Gasteiger partial charge on any atom is 0.331 e. The number of ether oxygens (including phenoxy) is 1. The molecule has 0 saturated carbocycles. The normalized spacial score (nSPS) is 20.0. The average molecular weight is 295 g/mol. The summed E-state index contributed by atoms with van der Waals surface area (Å²) >= 11 is 4.19. The Morgan fingerprint density at radius 3 is 2.90 bits per heavy atom. The second kappa shape index (κ2) is 6.17. The third-order valence-electron chi connectivity index (χ3n) is 3.45. The number of carboxylic acids is 1. The third kappa shape index (κ3) is 2.90. The predicted molar refractivity (Wildman–Crippen MR) is 77.0 cm³/mol. The van der Waals surface area contributed by atoms with Crippen LogP contribution in [0.4, 0.5) is 0 Å². The Hall–Kier alpha value is -1.69. The first-order chi connectivity index (χ1) is 9.56. The number of carbonyl (C=O) groups is 2. The molecule has 1 aromatic carbocycles. The molecule has 1 aromatic rings.